The van der Waals surface area contributed by atoms with Gasteiger partial charge in [-0.25, -0.2) is 9.59 Å². The van der Waals surface area contributed by atoms with Crippen LogP contribution >= 0.6 is 0 Å². The van der Waals surface area contributed by atoms with Gasteiger partial charge in [0.15, 0.2) is 17.1 Å². The van der Waals surface area contributed by atoms with E-state index in [2.05, 4.69) is 5.32 Å². The van der Waals surface area contributed by atoms with Crippen molar-refractivity contribution in [3.05, 3.63) is 30.0 Å². The minimum Gasteiger partial charge on any atom is -0.454 e. The number of fused-ring (bicyclic) bond motifs is 1. The number of anilines is 1. The Hall–Kier alpha value is -2.70. The molecule has 126 valence electrons. The van der Waals surface area contributed by atoms with Crippen LogP contribution in [0.5, 0.6) is 11.5 Å². The molecule has 24 heavy (non-hydrogen) atoms. The summed E-state index contributed by atoms with van der Waals surface area (Å²) < 4.78 is 21.4. The summed E-state index contributed by atoms with van der Waals surface area (Å²) in [5.74, 6) is -1.11. The molecule has 0 radical (unpaired) electrons. The van der Waals surface area contributed by atoms with Gasteiger partial charge in [0, 0.05) is 30.8 Å². The van der Waals surface area contributed by atoms with Crippen molar-refractivity contribution >= 4 is 17.6 Å². The van der Waals surface area contributed by atoms with Crippen LogP contribution in [0, 0.1) is 0 Å². The highest BCUT2D eigenvalue weighted by Crippen LogP contribution is 2.37. The first-order valence-corrected chi connectivity index (χ1v) is 7.98. The topological polar surface area (TPSA) is 83.1 Å². The average Bonchev–Trinajstić information content (AvgIpc) is 3.02. The van der Waals surface area contributed by atoms with Crippen LogP contribution in [-0.2, 0) is 19.1 Å². The van der Waals surface area contributed by atoms with Gasteiger partial charge in [0.2, 0.25) is 6.79 Å². The summed E-state index contributed by atoms with van der Waals surface area (Å²) in [5, 5.41) is 2.90. The van der Waals surface area contributed by atoms with Crippen molar-refractivity contribution in [3.8, 4) is 11.5 Å². The number of hydrogen-bond donors (Lipinski definition) is 1. The first kappa shape index (κ1) is 14.9. The molecule has 0 amide bonds. The lowest BCUT2D eigenvalue weighted by Crippen LogP contribution is -2.47. The Morgan fingerprint density at radius 1 is 0.958 bits per heavy atom. The number of ether oxygens (including phenoxy) is 4. The largest absolute Gasteiger partial charge is 0.454 e. The van der Waals surface area contributed by atoms with Gasteiger partial charge < -0.3 is 24.3 Å². The summed E-state index contributed by atoms with van der Waals surface area (Å²) in [7, 11) is 0. The number of hydrogen-bond acceptors (Lipinski definition) is 7. The third-order valence-electron chi connectivity index (χ3n) is 4.37. The Balaban J connectivity index is 1.49. The number of carbonyl (C=O) groups excluding carboxylic acids is 2. The zero-order valence-corrected chi connectivity index (χ0v) is 13.0. The number of esters is 2. The summed E-state index contributed by atoms with van der Waals surface area (Å²) in [6.07, 6.45) is 5.26. The van der Waals surface area contributed by atoms with Crippen molar-refractivity contribution in [1.29, 1.82) is 0 Å². The molecule has 0 unspecified atom stereocenters. The quantitative estimate of drug-likeness (QED) is 0.506. The predicted molar refractivity (Wildman–Crippen MR) is 82.3 cm³/mol. The molecule has 2 aliphatic heterocycles. The zero-order valence-electron chi connectivity index (χ0n) is 13.0. The lowest BCUT2D eigenvalue weighted by molar-refractivity contribution is -0.244. The van der Waals surface area contributed by atoms with Crippen LogP contribution in [0.2, 0.25) is 0 Å². The van der Waals surface area contributed by atoms with Crippen molar-refractivity contribution in [1.82, 2.24) is 0 Å². The SMILES string of the molecule is O=C1OC2(CCCCC2)OC(=O)C1=CNc1ccc2c(c1)OCO2. The van der Waals surface area contributed by atoms with Gasteiger partial charge >= 0.3 is 11.9 Å². The van der Waals surface area contributed by atoms with Crippen LogP contribution in [0.1, 0.15) is 32.1 Å². The van der Waals surface area contributed by atoms with Gasteiger partial charge in [-0.2, -0.15) is 0 Å². The van der Waals surface area contributed by atoms with Crippen molar-refractivity contribution in [2.45, 2.75) is 37.9 Å². The van der Waals surface area contributed by atoms with E-state index in [4.69, 9.17) is 18.9 Å². The van der Waals surface area contributed by atoms with Crippen molar-refractivity contribution in [2.24, 2.45) is 0 Å². The molecule has 4 rings (SSSR count). The Kier molecular flexibility index (Phi) is 3.55. The highest BCUT2D eigenvalue weighted by molar-refractivity contribution is 6.15. The third-order valence-corrected chi connectivity index (χ3v) is 4.37. The fraction of sp³-hybridized carbons (Fsp3) is 0.412. The first-order valence-electron chi connectivity index (χ1n) is 7.98. The average molecular weight is 331 g/mol. The highest BCUT2D eigenvalue weighted by atomic mass is 16.7. The van der Waals surface area contributed by atoms with Crippen molar-refractivity contribution in [2.75, 3.05) is 12.1 Å². The van der Waals surface area contributed by atoms with E-state index in [0.29, 0.717) is 30.0 Å². The zero-order chi connectivity index (χ0) is 16.6. The second-order valence-electron chi connectivity index (χ2n) is 6.02. The van der Waals surface area contributed by atoms with Crippen molar-refractivity contribution in [3.63, 3.8) is 0 Å². The lowest BCUT2D eigenvalue weighted by Gasteiger charge is -2.38. The van der Waals surface area contributed by atoms with Gasteiger partial charge in [-0.05, 0) is 25.0 Å². The maximum Gasteiger partial charge on any atom is 0.350 e. The van der Waals surface area contributed by atoms with Gasteiger partial charge in [0.1, 0.15) is 0 Å². The van der Waals surface area contributed by atoms with E-state index < -0.39 is 17.7 Å². The summed E-state index contributed by atoms with van der Waals surface area (Å²) in [5.41, 5.74) is 0.508. The second-order valence-corrected chi connectivity index (χ2v) is 6.02. The van der Waals surface area contributed by atoms with Gasteiger partial charge in [0.05, 0.1) is 0 Å². The lowest BCUT2D eigenvalue weighted by atomic mass is 9.93. The molecule has 1 saturated carbocycles. The fourth-order valence-corrected chi connectivity index (χ4v) is 3.11. The fourth-order valence-electron chi connectivity index (χ4n) is 3.11. The van der Waals surface area contributed by atoms with E-state index in [-0.39, 0.29) is 12.4 Å². The number of rotatable bonds is 2. The Morgan fingerprint density at radius 2 is 1.67 bits per heavy atom. The van der Waals surface area contributed by atoms with Crippen LogP contribution in [0.3, 0.4) is 0 Å². The minimum absolute atomic E-state index is 0.149. The molecule has 1 saturated heterocycles. The molecular weight excluding hydrogens is 314 g/mol. The van der Waals surface area contributed by atoms with Gasteiger partial charge in [0.25, 0.3) is 5.79 Å². The molecule has 0 aromatic heterocycles. The molecule has 2 heterocycles. The van der Waals surface area contributed by atoms with Gasteiger partial charge in [-0.15, -0.1) is 0 Å². The molecule has 0 bridgehead atoms. The standard InChI is InChI=1S/C17H17NO6/c19-15-12(16(20)24-17(23-15)6-2-1-3-7-17)9-18-11-4-5-13-14(8-11)22-10-21-13/h4-5,8-9,18H,1-3,6-7,10H2. The molecule has 1 aromatic rings. The Bertz CT molecular complexity index is 698. The molecular formula is C17H17NO6. The van der Waals surface area contributed by atoms with Gasteiger partial charge in [-0.3, -0.25) is 0 Å². The summed E-state index contributed by atoms with van der Waals surface area (Å²) in [4.78, 5) is 24.4. The predicted octanol–water partition coefficient (Wildman–Crippen LogP) is 2.47. The third kappa shape index (κ3) is 2.66. The highest BCUT2D eigenvalue weighted by Gasteiger charge is 2.46. The second kappa shape index (κ2) is 5.74. The maximum atomic E-state index is 12.2. The van der Waals surface area contributed by atoms with Crippen LogP contribution in [0.4, 0.5) is 5.69 Å². The van der Waals surface area contributed by atoms with Crippen LogP contribution in [0.25, 0.3) is 0 Å². The Labute approximate surface area is 138 Å². The van der Waals surface area contributed by atoms with Crippen LogP contribution in [0.15, 0.2) is 30.0 Å². The Morgan fingerprint density at radius 3 is 2.42 bits per heavy atom. The molecule has 1 N–H and O–H groups in total. The van der Waals surface area contributed by atoms with E-state index in [1.807, 2.05) is 0 Å². The minimum atomic E-state index is -1.07. The maximum absolute atomic E-state index is 12.2. The smallest absolute Gasteiger partial charge is 0.350 e. The molecule has 1 aliphatic carbocycles. The monoisotopic (exact) mass is 331 g/mol. The van der Waals surface area contributed by atoms with Gasteiger partial charge in [-0.1, -0.05) is 6.42 Å². The van der Waals surface area contributed by atoms with Crippen LogP contribution < -0.4 is 14.8 Å². The molecule has 0 atom stereocenters. The van der Waals surface area contributed by atoms with E-state index in [9.17, 15) is 9.59 Å². The number of nitrogens with one attached hydrogen (secondary N) is 1. The molecule has 7 heteroatoms. The van der Waals surface area contributed by atoms with E-state index >= 15 is 0 Å². The van der Waals surface area contributed by atoms with E-state index in [0.717, 1.165) is 19.3 Å². The molecule has 1 spiro atoms. The van der Waals surface area contributed by atoms with Crippen LogP contribution in [-0.4, -0.2) is 24.5 Å². The summed E-state index contributed by atoms with van der Waals surface area (Å²) >= 11 is 0. The molecule has 7 nitrogen and oxygen atoms in total. The van der Waals surface area contributed by atoms with E-state index in [1.54, 1.807) is 18.2 Å². The first-order chi connectivity index (χ1) is 11.7. The normalized spacial score (nSPS) is 21.2. The van der Waals surface area contributed by atoms with Crippen molar-refractivity contribution < 1.29 is 28.5 Å². The summed E-state index contributed by atoms with van der Waals surface area (Å²) in [6, 6.07) is 5.23. The molecule has 2 fully saturated rings. The molecule has 3 aliphatic rings. The molecule has 1 aromatic carbocycles. The van der Waals surface area contributed by atoms with E-state index in [1.165, 1.54) is 6.20 Å². The number of carbonyl (C=O) groups is 2. The summed E-state index contributed by atoms with van der Waals surface area (Å²) in [6.45, 7) is 0.181. The number of benzene rings is 1.